The summed E-state index contributed by atoms with van der Waals surface area (Å²) in [6, 6.07) is 0. The van der Waals surface area contributed by atoms with Crippen molar-refractivity contribution in [1.82, 2.24) is 15.5 Å². The van der Waals surface area contributed by atoms with Crippen LogP contribution in [0.15, 0.2) is 4.99 Å². The normalized spacial score (nSPS) is 12.0. The summed E-state index contributed by atoms with van der Waals surface area (Å²) >= 11 is 0. The Labute approximate surface area is 149 Å². The van der Waals surface area contributed by atoms with Crippen LogP contribution in [0.5, 0.6) is 0 Å². The van der Waals surface area contributed by atoms with Crippen LogP contribution in [0, 0.1) is 0 Å². The molecule has 0 amide bonds. The fourth-order valence-electron chi connectivity index (χ4n) is 2.02. The molecule has 144 valence electrons. The first-order valence-electron chi connectivity index (χ1n) is 9.60. The molecule has 0 aliphatic heterocycles. The van der Waals surface area contributed by atoms with Gasteiger partial charge in [0.2, 0.25) is 0 Å². The number of hydrogen-bond acceptors (Lipinski definition) is 4. The Morgan fingerprint density at radius 2 is 1.58 bits per heavy atom. The van der Waals surface area contributed by atoms with Gasteiger partial charge >= 0.3 is 0 Å². The van der Waals surface area contributed by atoms with Crippen LogP contribution in [-0.4, -0.2) is 77.1 Å². The molecule has 0 bridgehead atoms. The monoisotopic (exact) mass is 344 g/mol. The molecule has 0 rings (SSSR count). The molecule has 0 saturated heterocycles. The first kappa shape index (κ1) is 23.1. The maximum absolute atomic E-state index is 5.55. The third kappa shape index (κ3) is 16.0. The molecule has 0 atom stereocenters. The van der Waals surface area contributed by atoms with Crippen molar-refractivity contribution in [2.45, 2.75) is 46.5 Å². The van der Waals surface area contributed by atoms with Gasteiger partial charge in [-0.25, -0.2) is 0 Å². The van der Waals surface area contributed by atoms with Gasteiger partial charge in [-0.15, -0.1) is 0 Å². The van der Waals surface area contributed by atoms with Crippen LogP contribution in [0.25, 0.3) is 0 Å². The minimum absolute atomic E-state index is 0.654. The van der Waals surface area contributed by atoms with E-state index in [-0.39, 0.29) is 0 Å². The van der Waals surface area contributed by atoms with Gasteiger partial charge in [0.15, 0.2) is 5.96 Å². The number of ether oxygens (including phenoxy) is 2. The quantitative estimate of drug-likeness (QED) is 0.255. The molecule has 6 heteroatoms. The zero-order valence-corrected chi connectivity index (χ0v) is 16.4. The second kappa shape index (κ2) is 18.5. The van der Waals surface area contributed by atoms with Crippen LogP contribution in [0.3, 0.4) is 0 Å². The minimum Gasteiger partial charge on any atom is -0.379 e. The summed E-state index contributed by atoms with van der Waals surface area (Å²) in [7, 11) is 2.15. The number of aliphatic imine (C=N–C) groups is 1. The van der Waals surface area contributed by atoms with Gasteiger partial charge < -0.3 is 25.0 Å². The second-order valence-corrected chi connectivity index (χ2v) is 5.92. The molecule has 2 N–H and O–H groups in total. The zero-order chi connectivity index (χ0) is 17.9. The van der Waals surface area contributed by atoms with E-state index in [1.807, 2.05) is 0 Å². The van der Waals surface area contributed by atoms with Gasteiger partial charge in [-0.1, -0.05) is 26.7 Å². The molecule has 0 aromatic rings. The van der Waals surface area contributed by atoms with Crippen LogP contribution in [0.2, 0.25) is 0 Å². The highest BCUT2D eigenvalue weighted by molar-refractivity contribution is 5.79. The molecule has 0 unspecified atom stereocenters. The lowest BCUT2D eigenvalue weighted by Gasteiger charge is -2.16. The van der Waals surface area contributed by atoms with Crippen LogP contribution in [-0.2, 0) is 9.47 Å². The lowest BCUT2D eigenvalue weighted by molar-refractivity contribution is 0.0487. The predicted molar refractivity (Wildman–Crippen MR) is 103 cm³/mol. The third-order valence-electron chi connectivity index (χ3n) is 3.54. The number of rotatable bonds is 16. The van der Waals surface area contributed by atoms with E-state index in [0.717, 1.165) is 51.7 Å². The summed E-state index contributed by atoms with van der Waals surface area (Å²) in [5.74, 6) is 0.865. The molecular weight excluding hydrogens is 304 g/mol. The average Bonchev–Trinajstić information content (AvgIpc) is 2.58. The SMILES string of the molecule is CCCCOCCOCCNC(=NCCN(C)CCCC)NCC. The Bertz CT molecular complexity index is 288. The Balaban J connectivity index is 3.69. The average molecular weight is 345 g/mol. The number of hydrogen-bond donors (Lipinski definition) is 2. The van der Waals surface area contributed by atoms with E-state index in [0.29, 0.717) is 19.8 Å². The lowest BCUT2D eigenvalue weighted by atomic mass is 10.3. The Kier molecular flexibility index (Phi) is 17.8. The smallest absolute Gasteiger partial charge is 0.191 e. The lowest BCUT2D eigenvalue weighted by Crippen LogP contribution is -2.39. The molecule has 24 heavy (non-hydrogen) atoms. The van der Waals surface area contributed by atoms with E-state index in [1.165, 1.54) is 19.3 Å². The summed E-state index contributed by atoms with van der Waals surface area (Å²) in [5.41, 5.74) is 0. The molecule has 0 heterocycles. The topological polar surface area (TPSA) is 58.1 Å². The van der Waals surface area contributed by atoms with E-state index in [9.17, 15) is 0 Å². The molecule has 0 aromatic heterocycles. The number of guanidine groups is 1. The van der Waals surface area contributed by atoms with Crippen molar-refractivity contribution in [3.8, 4) is 0 Å². The van der Waals surface area contributed by atoms with Crippen molar-refractivity contribution >= 4 is 5.96 Å². The summed E-state index contributed by atoms with van der Waals surface area (Å²) in [5, 5.41) is 6.57. The van der Waals surface area contributed by atoms with Crippen LogP contribution >= 0.6 is 0 Å². The number of unbranched alkanes of at least 4 members (excludes halogenated alkanes) is 2. The highest BCUT2D eigenvalue weighted by Crippen LogP contribution is 1.91. The van der Waals surface area contributed by atoms with Crippen molar-refractivity contribution in [2.75, 3.05) is 66.2 Å². The minimum atomic E-state index is 0.654. The van der Waals surface area contributed by atoms with E-state index >= 15 is 0 Å². The second-order valence-electron chi connectivity index (χ2n) is 5.92. The van der Waals surface area contributed by atoms with Crippen molar-refractivity contribution in [3.63, 3.8) is 0 Å². The molecule has 0 saturated carbocycles. The molecule has 0 fully saturated rings. The number of likely N-dealkylation sites (N-methyl/N-ethyl adjacent to an activating group) is 1. The molecule has 0 aliphatic rings. The largest absolute Gasteiger partial charge is 0.379 e. The van der Waals surface area contributed by atoms with Gasteiger partial charge in [-0.3, -0.25) is 4.99 Å². The van der Waals surface area contributed by atoms with E-state index in [1.54, 1.807) is 0 Å². The Morgan fingerprint density at radius 1 is 0.875 bits per heavy atom. The van der Waals surface area contributed by atoms with E-state index < -0.39 is 0 Å². The Morgan fingerprint density at radius 3 is 2.25 bits per heavy atom. The number of nitrogens with one attached hydrogen (secondary N) is 2. The summed E-state index contributed by atoms with van der Waals surface area (Å²) in [6.07, 6.45) is 4.78. The van der Waals surface area contributed by atoms with Gasteiger partial charge in [0, 0.05) is 26.2 Å². The molecule has 0 aliphatic carbocycles. The number of nitrogens with zero attached hydrogens (tertiary/aromatic N) is 2. The van der Waals surface area contributed by atoms with Crippen LogP contribution in [0.4, 0.5) is 0 Å². The first-order valence-corrected chi connectivity index (χ1v) is 9.60. The zero-order valence-electron chi connectivity index (χ0n) is 16.4. The highest BCUT2D eigenvalue weighted by Gasteiger charge is 1.99. The van der Waals surface area contributed by atoms with Crippen LogP contribution < -0.4 is 10.6 Å². The summed E-state index contributed by atoms with van der Waals surface area (Å²) < 4.78 is 11.0. The molecular formula is C18H40N4O2. The fourth-order valence-corrected chi connectivity index (χ4v) is 2.02. The predicted octanol–water partition coefficient (Wildman–Crippen LogP) is 2.11. The third-order valence-corrected chi connectivity index (χ3v) is 3.54. The fraction of sp³-hybridized carbons (Fsp3) is 0.944. The van der Waals surface area contributed by atoms with E-state index in [4.69, 9.17) is 9.47 Å². The maximum Gasteiger partial charge on any atom is 0.191 e. The van der Waals surface area contributed by atoms with Gasteiger partial charge in [0.1, 0.15) is 0 Å². The molecule has 0 aromatic carbocycles. The Hall–Kier alpha value is -0.850. The van der Waals surface area contributed by atoms with Gasteiger partial charge in [0.05, 0.1) is 26.4 Å². The standard InChI is InChI=1S/C18H40N4O2/c1-5-8-12-22(4)13-10-20-18(19-7-3)21-11-15-24-17-16-23-14-9-6-2/h5-17H2,1-4H3,(H2,19,20,21). The first-order chi connectivity index (χ1) is 11.7. The van der Waals surface area contributed by atoms with Crippen LogP contribution in [0.1, 0.15) is 46.5 Å². The van der Waals surface area contributed by atoms with Crippen molar-refractivity contribution in [1.29, 1.82) is 0 Å². The molecule has 6 nitrogen and oxygen atoms in total. The molecule has 0 spiro atoms. The summed E-state index contributed by atoms with van der Waals surface area (Å²) in [6.45, 7) is 13.9. The summed E-state index contributed by atoms with van der Waals surface area (Å²) in [4.78, 5) is 6.93. The van der Waals surface area contributed by atoms with E-state index in [2.05, 4.69) is 48.3 Å². The van der Waals surface area contributed by atoms with Crippen molar-refractivity contribution in [2.24, 2.45) is 4.99 Å². The van der Waals surface area contributed by atoms with Gasteiger partial charge in [-0.2, -0.15) is 0 Å². The molecule has 0 radical (unpaired) electrons. The van der Waals surface area contributed by atoms with Crippen molar-refractivity contribution < 1.29 is 9.47 Å². The van der Waals surface area contributed by atoms with Gasteiger partial charge in [0.25, 0.3) is 0 Å². The van der Waals surface area contributed by atoms with Gasteiger partial charge in [-0.05, 0) is 33.4 Å². The maximum atomic E-state index is 5.55. The highest BCUT2D eigenvalue weighted by atomic mass is 16.5. The van der Waals surface area contributed by atoms with Crippen molar-refractivity contribution in [3.05, 3.63) is 0 Å².